The summed E-state index contributed by atoms with van der Waals surface area (Å²) in [6.07, 6.45) is 2.51. The quantitative estimate of drug-likeness (QED) is 0.706. The van der Waals surface area contributed by atoms with Crippen LogP contribution < -0.4 is 14.4 Å². The second-order valence-electron chi connectivity index (χ2n) is 5.42. The molecule has 3 heterocycles. The largest absolute Gasteiger partial charge is 0.486 e. The third-order valence-electron chi connectivity index (χ3n) is 3.83. The summed E-state index contributed by atoms with van der Waals surface area (Å²) < 4.78 is 13.3. The summed E-state index contributed by atoms with van der Waals surface area (Å²) in [5.74, 6) is 2.46. The van der Waals surface area contributed by atoms with Crippen molar-refractivity contribution in [1.29, 1.82) is 0 Å². The van der Waals surface area contributed by atoms with Gasteiger partial charge in [-0.1, -0.05) is 39.0 Å². The zero-order valence-electron chi connectivity index (χ0n) is 12.5. The van der Waals surface area contributed by atoms with Gasteiger partial charge >= 0.3 is 0 Å². The maximum Gasteiger partial charge on any atom is 0.209 e. The molecule has 0 unspecified atom stereocenters. The van der Waals surface area contributed by atoms with Gasteiger partial charge in [-0.3, -0.25) is 0 Å². The lowest BCUT2D eigenvalue weighted by molar-refractivity contribution is 0.171. The van der Waals surface area contributed by atoms with Gasteiger partial charge in [-0.2, -0.15) is 0 Å². The molecule has 1 aromatic heterocycles. The van der Waals surface area contributed by atoms with Gasteiger partial charge in [0.1, 0.15) is 13.2 Å². The van der Waals surface area contributed by atoms with Gasteiger partial charge in [0.15, 0.2) is 15.8 Å². The van der Waals surface area contributed by atoms with Gasteiger partial charge < -0.3 is 14.4 Å². The lowest BCUT2D eigenvalue weighted by atomic mass is 10.2. The predicted octanol–water partition coefficient (Wildman–Crippen LogP) is 3.96. The van der Waals surface area contributed by atoms with Crippen molar-refractivity contribution in [2.24, 2.45) is 0 Å². The number of hydrogen-bond acceptors (Lipinski definition) is 7. The van der Waals surface area contributed by atoms with Gasteiger partial charge in [0.25, 0.3) is 0 Å². The molecule has 122 valence electrons. The standard InChI is InChI=1S/C15H16BrN3O2S2/c16-11-8-13-12(20-5-6-21-13)7-10(11)9-22-15-18-17-14(23-15)19-3-1-2-4-19/h7-8H,1-6,9H2. The van der Waals surface area contributed by atoms with Crippen LogP contribution in [-0.2, 0) is 5.75 Å². The predicted molar refractivity (Wildman–Crippen MR) is 96.0 cm³/mol. The Morgan fingerprint density at radius 1 is 1.13 bits per heavy atom. The van der Waals surface area contributed by atoms with E-state index in [-0.39, 0.29) is 0 Å². The molecule has 0 N–H and O–H groups in total. The number of nitrogens with zero attached hydrogens (tertiary/aromatic N) is 3. The molecule has 5 nitrogen and oxygen atoms in total. The molecular formula is C15H16BrN3O2S2. The topological polar surface area (TPSA) is 47.5 Å². The van der Waals surface area contributed by atoms with Crippen LogP contribution in [0.1, 0.15) is 18.4 Å². The van der Waals surface area contributed by atoms with Crippen molar-refractivity contribution in [2.75, 3.05) is 31.2 Å². The Bertz CT molecular complexity index is 704. The van der Waals surface area contributed by atoms with Crippen LogP contribution in [0.3, 0.4) is 0 Å². The number of rotatable bonds is 4. The minimum Gasteiger partial charge on any atom is -0.486 e. The molecule has 0 bridgehead atoms. The van der Waals surface area contributed by atoms with Crippen molar-refractivity contribution in [2.45, 2.75) is 22.9 Å². The highest BCUT2D eigenvalue weighted by molar-refractivity contribution is 9.10. The lowest BCUT2D eigenvalue weighted by Crippen LogP contribution is -2.17. The Morgan fingerprint density at radius 3 is 2.65 bits per heavy atom. The summed E-state index contributed by atoms with van der Waals surface area (Å²) in [7, 11) is 0. The Morgan fingerprint density at radius 2 is 1.87 bits per heavy atom. The van der Waals surface area contributed by atoms with Crippen LogP contribution in [0.4, 0.5) is 5.13 Å². The average Bonchev–Trinajstić information content (AvgIpc) is 3.24. The highest BCUT2D eigenvalue weighted by atomic mass is 79.9. The van der Waals surface area contributed by atoms with Gasteiger partial charge in [-0.25, -0.2) is 0 Å². The molecule has 0 amide bonds. The van der Waals surface area contributed by atoms with E-state index >= 15 is 0 Å². The summed E-state index contributed by atoms with van der Waals surface area (Å²) in [4.78, 5) is 2.32. The normalized spacial score (nSPS) is 16.8. The van der Waals surface area contributed by atoms with Crippen LogP contribution in [0.5, 0.6) is 11.5 Å². The van der Waals surface area contributed by atoms with Crippen LogP contribution in [0.15, 0.2) is 20.9 Å². The van der Waals surface area contributed by atoms with E-state index < -0.39 is 0 Å². The van der Waals surface area contributed by atoms with Crippen LogP contribution in [-0.4, -0.2) is 36.5 Å². The van der Waals surface area contributed by atoms with Crippen molar-refractivity contribution >= 4 is 44.2 Å². The van der Waals surface area contributed by atoms with E-state index in [9.17, 15) is 0 Å². The Kier molecular flexibility index (Phi) is 4.64. The number of anilines is 1. The monoisotopic (exact) mass is 413 g/mol. The van der Waals surface area contributed by atoms with Crippen molar-refractivity contribution in [3.63, 3.8) is 0 Å². The summed E-state index contributed by atoms with van der Waals surface area (Å²) in [5.41, 5.74) is 1.18. The Labute approximate surface area is 151 Å². The molecule has 0 aliphatic carbocycles. The van der Waals surface area contributed by atoms with E-state index in [2.05, 4.69) is 31.0 Å². The van der Waals surface area contributed by atoms with Crippen LogP contribution >= 0.6 is 39.0 Å². The maximum atomic E-state index is 5.66. The number of fused-ring (bicyclic) bond motifs is 1. The van der Waals surface area contributed by atoms with Gasteiger partial charge in [0.2, 0.25) is 5.13 Å². The molecule has 2 aromatic rings. The molecule has 1 aromatic carbocycles. The smallest absolute Gasteiger partial charge is 0.209 e. The third-order valence-corrected chi connectivity index (χ3v) is 6.74. The Balaban J connectivity index is 1.44. The minimum absolute atomic E-state index is 0.608. The van der Waals surface area contributed by atoms with Crippen molar-refractivity contribution in [3.05, 3.63) is 22.2 Å². The van der Waals surface area contributed by atoms with E-state index in [1.54, 1.807) is 23.1 Å². The molecule has 4 rings (SSSR count). The summed E-state index contributed by atoms with van der Waals surface area (Å²) in [6, 6.07) is 4.04. The summed E-state index contributed by atoms with van der Waals surface area (Å²) in [6.45, 7) is 3.43. The summed E-state index contributed by atoms with van der Waals surface area (Å²) in [5, 5.41) is 9.68. The van der Waals surface area contributed by atoms with Crippen LogP contribution in [0, 0.1) is 0 Å². The van der Waals surface area contributed by atoms with Gasteiger partial charge in [-0.05, 0) is 30.5 Å². The lowest BCUT2D eigenvalue weighted by Gasteiger charge is -2.19. The first-order valence-electron chi connectivity index (χ1n) is 7.59. The molecule has 1 fully saturated rings. The number of thioether (sulfide) groups is 1. The number of hydrogen-bond donors (Lipinski definition) is 0. The van der Waals surface area contributed by atoms with Crippen LogP contribution in [0.25, 0.3) is 0 Å². The molecule has 0 saturated carbocycles. The second kappa shape index (κ2) is 6.86. The van der Waals surface area contributed by atoms with Gasteiger partial charge in [0.05, 0.1) is 0 Å². The molecule has 1 saturated heterocycles. The molecule has 23 heavy (non-hydrogen) atoms. The summed E-state index contributed by atoms with van der Waals surface area (Å²) >= 11 is 7.01. The fourth-order valence-corrected chi connectivity index (χ4v) is 5.18. The van der Waals surface area contributed by atoms with Crippen molar-refractivity contribution in [1.82, 2.24) is 10.2 Å². The van der Waals surface area contributed by atoms with E-state index in [0.29, 0.717) is 13.2 Å². The SMILES string of the molecule is Brc1cc2c(cc1CSc1nnc(N3CCCC3)s1)OCCO2. The van der Waals surface area contributed by atoms with E-state index in [0.717, 1.165) is 44.3 Å². The zero-order chi connectivity index (χ0) is 15.6. The van der Waals surface area contributed by atoms with Gasteiger partial charge in [0, 0.05) is 23.3 Å². The molecule has 8 heteroatoms. The van der Waals surface area contributed by atoms with E-state index in [1.165, 1.54) is 18.4 Å². The number of benzene rings is 1. The maximum absolute atomic E-state index is 5.66. The average molecular weight is 414 g/mol. The highest BCUT2D eigenvalue weighted by Crippen LogP contribution is 2.38. The van der Waals surface area contributed by atoms with E-state index in [4.69, 9.17) is 9.47 Å². The molecule has 0 atom stereocenters. The fourth-order valence-electron chi connectivity index (χ4n) is 2.65. The number of halogens is 1. The highest BCUT2D eigenvalue weighted by Gasteiger charge is 2.18. The molecular weight excluding hydrogens is 398 g/mol. The minimum atomic E-state index is 0.608. The molecule has 0 spiro atoms. The first-order chi connectivity index (χ1) is 11.3. The number of ether oxygens (including phenoxy) is 2. The van der Waals surface area contributed by atoms with Crippen molar-refractivity contribution < 1.29 is 9.47 Å². The molecule has 2 aliphatic heterocycles. The van der Waals surface area contributed by atoms with E-state index in [1.807, 2.05) is 12.1 Å². The molecule has 0 radical (unpaired) electrons. The fraction of sp³-hybridized carbons (Fsp3) is 0.467. The van der Waals surface area contributed by atoms with Crippen LogP contribution in [0.2, 0.25) is 0 Å². The third kappa shape index (κ3) is 3.44. The Hall–Kier alpha value is -0.990. The molecule has 2 aliphatic rings. The number of aromatic nitrogens is 2. The van der Waals surface area contributed by atoms with Gasteiger partial charge in [-0.15, -0.1) is 10.2 Å². The first-order valence-corrected chi connectivity index (χ1v) is 10.2. The van der Waals surface area contributed by atoms with Crippen molar-refractivity contribution in [3.8, 4) is 11.5 Å². The first kappa shape index (κ1) is 15.5. The zero-order valence-corrected chi connectivity index (χ0v) is 15.7. The second-order valence-corrected chi connectivity index (χ2v) is 8.45.